The van der Waals surface area contributed by atoms with Crippen LogP contribution in [-0.4, -0.2) is 49.8 Å². The predicted molar refractivity (Wildman–Crippen MR) is 104 cm³/mol. The van der Waals surface area contributed by atoms with Crippen LogP contribution in [0.15, 0.2) is 53.7 Å². The number of benzene rings is 2. The number of aromatic nitrogens is 2. The third-order valence-corrected chi connectivity index (χ3v) is 5.86. The number of thioether (sulfide) groups is 1. The van der Waals surface area contributed by atoms with Crippen molar-refractivity contribution in [2.24, 2.45) is 0 Å². The molecule has 1 unspecified atom stereocenters. The van der Waals surface area contributed by atoms with Crippen molar-refractivity contribution >= 4 is 34.4 Å². The van der Waals surface area contributed by atoms with Gasteiger partial charge in [0.15, 0.2) is 11.4 Å². The number of halogens is 1. The van der Waals surface area contributed by atoms with Crippen LogP contribution in [0.4, 0.5) is 0 Å². The van der Waals surface area contributed by atoms with E-state index in [1.54, 1.807) is 16.7 Å². The van der Waals surface area contributed by atoms with Gasteiger partial charge in [-0.3, -0.25) is 4.57 Å². The monoisotopic (exact) mass is 406 g/mol. The van der Waals surface area contributed by atoms with Gasteiger partial charge in [-0.1, -0.05) is 53.7 Å². The van der Waals surface area contributed by atoms with Crippen molar-refractivity contribution in [2.45, 2.75) is 35.4 Å². The van der Waals surface area contributed by atoms with Gasteiger partial charge in [-0.2, -0.15) is 0 Å². The van der Waals surface area contributed by atoms with Crippen LogP contribution in [0.2, 0.25) is 5.02 Å². The van der Waals surface area contributed by atoms with Crippen LogP contribution in [0.25, 0.3) is 11.0 Å². The van der Waals surface area contributed by atoms with E-state index in [0.717, 1.165) is 5.56 Å². The number of aliphatic hydroxyl groups excluding tert-OH is 3. The van der Waals surface area contributed by atoms with Crippen molar-refractivity contribution in [3.63, 3.8) is 0 Å². The van der Waals surface area contributed by atoms with Gasteiger partial charge in [0.05, 0.1) is 17.6 Å². The first-order chi connectivity index (χ1) is 13.1. The minimum absolute atomic E-state index is 0.380. The van der Waals surface area contributed by atoms with Crippen molar-refractivity contribution in [1.82, 2.24) is 9.55 Å². The Hall–Kier alpha value is -1.61. The normalized spacial score (nSPS) is 25.3. The summed E-state index contributed by atoms with van der Waals surface area (Å²) in [6, 6.07) is 15.3. The summed E-state index contributed by atoms with van der Waals surface area (Å²) in [6.07, 6.45) is -4.08. The van der Waals surface area contributed by atoms with Crippen LogP contribution in [0.1, 0.15) is 11.8 Å². The highest BCUT2D eigenvalue weighted by Gasteiger charge is 2.44. The Morgan fingerprint density at radius 2 is 1.89 bits per heavy atom. The molecule has 0 saturated carbocycles. The summed E-state index contributed by atoms with van der Waals surface area (Å²) in [5.41, 5.74) is 2.56. The SMILES string of the molecule is OC[C@H]1OC(n2c(SCc3ccccc3)nc3ccc(Cl)cc32)[C@H](O)[C@@H]1O. The van der Waals surface area contributed by atoms with Crippen LogP contribution >= 0.6 is 23.4 Å². The highest BCUT2D eigenvalue weighted by molar-refractivity contribution is 7.98. The van der Waals surface area contributed by atoms with Gasteiger partial charge >= 0.3 is 0 Å². The number of aliphatic hydroxyl groups is 3. The number of ether oxygens (including phenoxy) is 1. The Morgan fingerprint density at radius 3 is 2.59 bits per heavy atom. The summed E-state index contributed by atoms with van der Waals surface area (Å²) in [6.45, 7) is -0.380. The van der Waals surface area contributed by atoms with E-state index < -0.39 is 24.5 Å². The molecule has 1 aromatic heterocycles. The smallest absolute Gasteiger partial charge is 0.171 e. The minimum atomic E-state index is -1.19. The van der Waals surface area contributed by atoms with E-state index in [-0.39, 0.29) is 6.61 Å². The van der Waals surface area contributed by atoms with Crippen LogP contribution in [0, 0.1) is 0 Å². The maximum Gasteiger partial charge on any atom is 0.171 e. The van der Waals surface area contributed by atoms with E-state index in [1.807, 2.05) is 36.4 Å². The first-order valence-electron chi connectivity index (χ1n) is 8.55. The molecule has 3 N–H and O–H groups in total. The lowest BCUT2D eigenvalue weighted by atomic mass is 10.1. The molecule has 6 nitrogen and oxygen atoms in total. The Morgan fingerprint density at radius 1 is 1.11 bits per heavy atom. The van der Waals surface area contributed by atoms with Crippen LogP contribution in [0.3, 0.4) is 0 Å². The summed E-state index contributed by atoms with van der Waals surface area (Å²) < 4.78 is 7.49. The van der Waals surface area contributed by atoms with Gasteiger partial charge in [-0.15, -0.1) is 0 Å². The summed E-state index contributed by atoms with van der Waals surface area (Å²) in [7, 11) is 0. The van der Waals surface area contributed by atoms with Crippen LogP contribution in [-0.2, 0) is 10.5 Å². The molecule has 0 bridgehead atoms. The molecular formula is C19H19ClN2O4S. The maximum absolute atomic E-state index is 10.5. The Kier molecular flexibility index (Phi) is 5.41. The highest BCUT2D eigenvalue weighted by atomic mass is 35.5. The molecule has 1 fully saturated rings. The lowest BCUT2D eigenvalue weighted by Crippen LogP contribution is -2.33. The number of hydrogen-bond acceptors (Lipinski definition) is 6. The molecule has 0 aliphatic carbocycles. The van der Waals surface area contributed by atoms with Crippen LogP contribution in [0.5, 0.6) is 0 Å². The Bertz CT molecular complexity index is 936. The van der Waals surface area contributed by atoms with Gasteiger partial charge in [0.25, 0.3) is 0 Å². The third kappa shape index (κ3) is 3.59. The molecule has 0 radical (unpaired) electrons. The molecule has 0 amide bonds. The molecule has 1 aliphatic heterocycles. The molecule has 142 valence electrons. The van der Waals surface area contributed by atoms with Gasteiger partial charge < -0.3 is 20.1 Å². The largest absolute Gasteiger partial charge is 0.394 e. The number of rotatable bonds is 5. The number of hydrogen-bond donors (Lipinski definition) is 3. The van der Waals surface area contributed by atoms with Crippen molar-refractivity contribution in [3.8, 4) is 0 Å². The van der Waals surface area contributed by atoms with Gasteiger partial charge in [0, 0.05) is 10.8 Å². The van der Waals surface area contributed by atoms with Crippen molar-refractivity contribution in [3.05, 3.63) is 59.1 Å². The zero-order valence-corrected chi connectivity index (χ0v) is 15.8. The quantitative estimate of drug-likeness (QED) is 0.564. The summed E-state index contributed by atoms with van der Waals surface area (Å²) in [5, 5.41) is 31.2. The number of nitrogens with zero attached hydrogens (tertiary/aromatic N) is 2. The van der Waals surface area contributed by atoms with Crippen molar-refractivity contribution in [2.75, 3.05) is 6.61 Å². The molecule has 27 heavy (non-hydrogen) atoms. The number of imidazole rings is 1. The third-order valence-electron chi connectivity index (χ3n) is 4.60. The second-order valence-corrected chi connectivity index (χ2v) is 7.78. The molecule has 4 atom stereocenters. The maximum atomic E-state index is 10.5. The molecular weight excluding hydrogens is 388 g/mol. The molecule has 3 aromatic rings. The molecule has 2 heterocycles. The zero-order chi connectivity index (χ0) is 19.0. The molecule has 1 aliphatic rings. The molecule has 8 heteroatoms. The van der Waals surface area contributed by atoms with Crippen molar-refractivity contribution < 1.29 is 20.1 Å². The summed E-state index contributed by atoms with van der Waals surface area (Å²) in [5.74, 6) is 0.687. The van der Waals surface area contributed by atoms with E-state index >= 15 is 0 Å². The average Bonchev–Trinajstić information content (AvgIpc) is 3.18. The van der Waals surface area contributed by atoms with E-state index in [0.29, 0.717) is 27.0 Å². The molecule has 1 saturated heterocycles. The highest BCUT2D eigenvalue weighted by Crippen LogP contribution is 2.37. The molecule has 0 spiro atoms. The fraction of sp³-hybridized carbons (Fsp3) is 0.316. The van der Waals surface area contributed by atoms with E-state index in [1.165, 1.54) is 11.8 Å². The summed E-state index contributed by atoms with van der Waals surface area (Å²) >= 11 is 7.66. The van der Waals surface area contributed by atoms with E-state index in [9.17, 15) is 15.3 Å². The Balaban J connectivity index is 1.73. The fourth-order valence-electron chi connectivity index (χ4n) is 3.21. The van der Waals surface area contributed by atoms with Gasteiger partial charge in [0.2, 0.25) is 0 Å². The second-order valence-electron chi connectivity index (χ2n) is 6.40. The number of fused-ring (bicyclic) bond motifs is 1. The van der Waals surface area contributed by atoms with Crippen LogP contribution < -0.4 is 0 Å². The van der Waals surface area contributed by atoms with E-state index in [4.69, 9.17) is 16.3 Å². The zero-order valence-electron chi connectivity index (χ0n) is 14.3. The fourth-order valence-corrected chi connectivity index (χ4v) is 4.37. The topological polar surface area (TPSA) is 87.7 Å². The summed E-state index contributed by atoms with van der Waals surface area (Å²) in [4.78, 5) is 4.66. The molecule has 4 rings (SSSR count). The average molecular weight is 407 g/mol. The van der Waals surface area contributed by atoms with Gasteiger partial charge in [-0.25, -0.2) is 4.98 Å². The predicted octanol–water partition coefficient (Wildman–Crippen LogP) is 2.59. The lowest BCUT2D eigenvalue weighted by Gasteiger charge is -2.19. The minimum Gasteiger partial charge on any atom is -0.394 e. The van der Waals surface area contributed by atoms with Crippen molar-refractivity contribution in [1.29, 1.82) is 0 Å². The lowest BCUT2D eigenvalue weighted by molar-refractivity contribution is -0.0546. The molecule has 2 aromatic carbocycles. The van der Waals surface area contributed by atoms with Gasteiger partial charge in [0.1, 0.15) is 18.3 Å². The standard InChI is InChI=1S/C19H19ClN2O4S/c20-12-6-7-13-14(8-12)22(18-17(25)16(24)15(9-23)26-18)19(21-13)27-10-11-4-2-1-3-5-11/h1-8,15-18,23-25H,9-10H2/t15-,16-,17-,18?/m1/s1. The second kappa shape index (κ2) is 7.79. The first kappa shape index (κ1) is 18.7. The Labute approximate surface area is 165 Å². The first-order valence-corrected chi connectivity index (χ1v) is 9.91. The van der Waals surface area contributed by atoms with E-state index in [2.05, 4.69) is 4.98 Å². The van der Waals surface area contributed by atoms with Gasteiger partial charge in [-0.05, 0) is 23.8 Å².